The van der Waals surface area contributed by atoms with Crippen LogP contribution >= 0.6 is 0 Å². The first kappa shape index (κ1) is 21.2. The summed E-state index contributed by atoms with van der Waals surface area (Å²) in [6, 6.07) is 20.1. The zero-order valence-electron chi connectivity index (χ0n) is 18.3. The Labute approximate surface area is 183 Å². The standard InChI is InChI=1S/C26H29NO4/c1-26(2,3)31-25(29)27-16-19(13-14-28)24-21-12-8-7-11-20(21)23(15-22(24)27)30-17-18-9-5-4-6-10-18/h4-12,15,19,28H,13-14,16-17H2,1-3H3. The highest BCUT2D eigenvalue weighted by atomic mass is 16.6. The third-order valence-electron chi connectivity index (χ3n) is 5.46. The highest BCUT2D eigenvalue weighted by Crippen LogP contribution is 2.46. The van der Waals surface area contributed by atoms with Crippen molar-refractivity contribution in [3.63, 3.8) is 0 Å². The number of fused-ring (bicyclic) bond motifs is 3. The van der Waals surface area contributed by atoms with E-state index >= 15 is 0 Å². The maximum Gasteiger partial charge on any atom is 0.414 e. The van der Waals surface area contributed by atoms with Gasteiger partial charge in [-0.1, -0.05) is 54.6 Å². The number of rotatable bonds is 5. The molecule has 0 bridgehead atoms. The number of benzene rings is 3. The van der Waals surface area contributed by atoms with E-state index in [0.717, 1.165) is 33.3 Å². The van der Waals surface area contributed by atoms with Crippen molar-refractivity contribution in [1.29, 1.82) is 0 Å². The number of nitrogens with zero attached hydrogens (tertiary/aromatic N) is 1. The molecule has 5 heteroatoms. The van der Waals surface area contributed by atoms with Crippen LogP contribution in [0.2, 0.25) is 0 Å². The van der Waals surface area contributed by atoms with Gasteiger partial charge < -0.3 is 14.6 Å². The van der Waals surface area contributed by atoms with Crippen molar-refractivity contribution in [2.45, 2.75) is 45.3 Å². The molecule has 0 spiro atoms. The molecule has 1 unspecified atom stereocenters. The van der Waals surface area contributed by atoms with Crippen LogP contribution in [0.3, 0.4) is 0 Å². The van der Waals surface area contributed by atoms with E-state index in [2.05, 4.69) is 6.07 Å². The van der Waals surface area contributed by atoms with E-state index in [4.69, 9.17) is 9.47 Å². The van der Waals surface area contributed by atoms with E-state index in [1.807, 2.05) is 75.4 Å². The zero-order chi connectivity index (χ0) is 22.0. The van der Waals surface area contributed by atoms with Crippen LogP contribution in [0.25, 0.3) is 10.8 Å². The molecule has 0 saturated carbocycles. The van der Waals surface area contributed by atoms with Crippen molar-refractivity contribution in [3.8, 4) is 5.75 Å². The van der Waals surface area contributed by atoms with Crippen LogP contribution in [0.5, 0.6) is 5.75 Å². The predicted octanol–water partition coefficient (Wildman–Crippen LogP) is 5.64. The first-order chi connectivity index (χ1) is 14.9. The highest BCUT2D eigenvalue weighted by molar-refractivity contribution is 6.02. The number of ether oxygens (including phenoxy) is 2. The van der Waals surface area contributed by atoms with Crippen LogP contribution in [0.4, 0.5) is 10.5 Å². The third kappa shape index (κ3) is 4.52. The highest BCUT2D eigenvalue weighted by Gasteiger charge is 2.36. The van der Waals surface area contributed by atoms with E-state index in [1.165, 1.54) is 0 Å². The molecule has 162 valence electrons. The summed E-state index contributed by atoms with van der Waals surface area (Å²) in [5.41, 5.74) is 2.36. The molecule has 0 aliphatic carbocycles. The second kappa shape index (κ2) is 8.60. The van der Waals surface area contributed by atoms with Crippen LogP contribution in [0.1, 0.15) is 44.2 Å². The van der Waals surface area contributed by atoms with Gasteiger partial charge in [-0.3, -0.25) is 4.90 Å². The summed E-state index contributed by atoms with van der Waals surface area (Å²) >= 11 is 0. The topological polar surface area (TPSA) is 59.0 Å². The number of aliphatic hydroxyl groups is 1. The van der Waals surface area contributed by atoms with E-state index < -0.39 is 5.60 Å². The van der Waals surface area contributed by atoms with Gasteiger partial charge in [-0.15, -0.1) is 0 Å². The summed E-state index contributed by atoms with van der Waals surface area (Å²) in [4.78, 5) is 14.7. The molecule has 1 atom stereocenters. The SMILES string of the molecule is CC(C)(C)OC(=O)N1CC(CCO)c2c1cc(OCc1ccccc1)c1ccccc21. The molecular weight excluding hydrogens is 390 g/mol. The molecule has 0 radical (unpaired) electrons. The molecule has 1 aliphatic rings. The summed E-state index contributed by atoms with van der Waals surface area (Å²) in [7, 11) is 0. The van der Waals surface area contributed by atoms with Gasteiger partial charge in [0, 0.05) is 30.5 Å². The Bertz CT molecular complexity index is 1070. The smallest absolute Gasteiger partial charge is 0.414 e. The fourth-order valence-electron chi connectivity index (χ4n) is 4.15. The molecular formula is C26H29NO4. The number of anilines is 1. The number of amides is 1. The van der Waals surface area contributed by atoms with Crippen LogP contribution < -0.4 is 9.64 Å². The summed E-state index contributed by atoms with van der Waals surface area (Å²) in [5.74, 6) is 0.775. The van der Waals surface area contributed by atoms with Gasteiger partial charge in [0.1, 0.15) is 18.0 Å². The normalized spacial score (nSPS) is 15.7. The van der Waals surface area contributed by atoms with Gasteiger partial charge in [0.25, 0.3) is 0 Å². The number of aliphatic hydroxyl groups excluding tert-OH is 1. The Morgan fingerprint density at radius 3 is 2.42 bits per heavy atom. The van der Waals surface area contributed by atoms with Gasteiger partial charge in [0.2, 0.25) is 0 Å². The Kier molecular flexibility index (Phi) is 5.88. The Morgan fingerprint density at radius 1 is 1.06 bits per heavy atom. The summed E-state index contributed by atoms with van der Waals surface area (Å²) < 4.78 is 11.9. The molecule has 1 aliphatic heterocycles. The second-order valence-electron chi connectivity index (χ2n) is 8.93. The molecule has 3 aromatic carbocycles. The lowest BCUT2D eigenvalue weighted by Crippen LogP contribution is -2.36. The molecule has 31 heavy (non-hydrogen) atoms. The Balaban J connectivity index is 1.77. The third-order valence-corrected chi connectivity index (χ3v) is 5.46. The number of hydrogen-bond acceptors (Lipinski definition) is 4. The molecule has 0 aromatic heterocycles. The van der Waals surface area contributed by atoms with Gasteiger partial charge >= 0.3 is 6.09 Å². The molecule has 3 aromatic rings. The number of carbonyl (C=O) groups is 1. The largest absolute Gasteiger partial charge is 0.488 e. The molecule has 0 fully saturated rings. The van der Waals surface area contributed by atoms with Crippen LogP contribution in [0.15, 0.2) is 60.7 Å². The Hall–Kier alpha value is -3.05. The average molecular weight is 420 g/mol. The monoisotopic (exact) mass is 419 g/mol. The molecule has 4 rings (SSSR count). The summed E-state index contributed by atoms with van der Waals surface area (Å²) in [6.45, 7) is 6.57. The Morgan fingerprint density at radius 2 is 1.74 bits per heavy atom. The molecule has 1 heterocycles. The van der Waals surface area contributed by atoms with Gasteiger partial charge in [0.05, 0.1) is 5.69 Å². The predicted molar refractivity (Wildman–Crippen MR) is 123 cm³/mol. The number of carbonyl (C=O) groups excluding carboxylic acids is 1. The van der Waals surface area contributed by atoms with Crippen LogP contribution in [-0.4, -0.2) is 30.0 Å². The van der Waals surface area contributed by atoms with Crippen molar-refractivity contribution in [1.82, 2.24) is 0 Å². The first-order valence-electron chi connectivity index (χ1n) is 10.7. The van der Waals surface area contributed by atoms with Crippen LogP contribution in [-0.2, 0) is 11.3 Å². The molecule has 1 N–H and O–H groups in total. The minimum atomic E-state index is -0.588. The van der Waals surface area contributed by atoms with E-state index in [-0.39, 0.29) is 18.6 Å². The molecule has 1 amide bonds. The van der Waals surface area contributed by atoms with Gasteiger partial charge in [-0.2, -0.15) is 0 Å². The second-order valence-corrected chi connectivity index (χ2v) is 8.93. The fraction of sp³-hybridized carbons (Fsp3) is 0.346. The van der Waals surface area contributed by atoms with E-state index in [9.17, 15) is 9.90 Å². The quantitative estimate of drug-likeness (QED) is 0.581. The first-order valence-corrected chi connectivity index (χ1v) is 10.7. The average Bonchev–Trinajstić information content (AvgIpc) is 3.10. The lowest BCUT2D eigenvalue weighted by Gasteiger charge is -2.25. The van der Waals surface area contributed by atoms with Gasteiger partial charge in [0.15, 0.2) is 0 Å². The van der Waals surface area contributed by atoms with E-state index in [1.54, 1.807) is 4.90 Å². The van der Waals surface area contributed by atoms with Crippen molar-refractivity contribution in [2.24, 2.45) is 0 Å². The zero-order valence-corrected chi connectivity index (χ0v) is 18.3. The maximum absolute atomic E-state index is 13.0. The van der Waals surface area contributed by atoms with Crippen molar-refractivity contribution in [2.75, 3.05) is 18.1 Å². The van der Waals surface area contributed by atoms with E-state index in [0.29, 0.717) is 19.6 Å². The van der Waals surface area contributed by atoms with Crippen molar-refractivity contribution < 1.29 is 19.4 Å². The van der Waals surface area contributed by atoms with Crippen molar-refractivity contribution in [3.05, 3.63) is 71.8 Å². The van der Waals surface area contributed by atoms with Crippen molar-refractivity contribution >= 4 is 22.6 Å². The van der Waals surface area contributed by atoms with Gasteiger partial charge in [-0.25, -0.2) is 4.79 Å². The van der Waals surface area contributed by atoms with Crippen LogP contribution in [0, 0.1) is 0 Å². The minimum Gasteiger partial charge on any atom is -0.488 e. The summed E-state index contributed by atoms with van der Waals surface area (Å²) in [5, 5.41) is 11.7. The lowest BCUT2D eigenvalue weighted by molar-refractivity contribution is 0.0581. The molecule has 0 saturated heterocycles. The lowest BCUT2D eigenvalue weighted by atomic mass is 9.92. The van der Waals surface area contributed by atoms with Gasteiger partial charge in [-0.05, 0) is 43.7 Å². The number of hydrogen-bond donors (Lipinski definition) is 1. The molecule has 5 nitrogen and oxygen atoms in total. The summed E-state index contributed by atoms with van der Waals surface area (Å²) in [6.07, 6.45) is 0.207. The minimum absolute atomic E-state index is 0.0422. The fourth-order valence-corrected chi connectivity index (χ4v) is 4.15. The maximum atomic E-state index is 13.0.